The number of benzene rings is 1. The number of hydrogen-bond donors (Lipinski definition) is 2. The molecular weight excluding hydrogens is 340 g/mol. The molecule has 1 aromatic carbocycles. The maximum absolute atomic E-state index is 12.0. The van der Waals surface area contributed by atoms with Crippen molar-refractivity contribution in [1.29, 1.82) is 0 Å². The molecule has 2 rings (SSSR count). The molecule has 6 nitrogen and oxygen atoms in total. The molecule has 122 valence electrons. The van der Waals surface area contributed by atoms with Crippen LogP contribution >= 0.6 is 22.9 Å². The van der Waals surface area contributed by atoms with Crippen LogP contribution in [0.25, 0.3) is 0 Å². The Labute approximate surface area is 142 Å². The van der Waals surface area contributed by atoms with Crippen LogP contribution in [0.4, 0.5) is 0 Å². The smallest absolute Gasteiger partial charge is 0.355 e. The van der Waals surface area contributed by atoms with E-state index in [9.17, 15) is 9.59 Å². The van der Waals surface area contributed by atoms with Crippen molar-refractivity contribution in [1.82, 2.24) is 10.3 Å². The Balaban J connectivity index is 1.97. The van der Waals surface area contributed by atoms with Gasteiger partial charge < -0.3 is 15.2 Å². The number of amides is 1. The largest absolute Gasteiger partial charge is 0.492 e. The topological polar surface area (TPSA) is 88.5 Å². The minimum absolute atomic E-state index is 0.0206. The highest BCUT2D eigenvalue weighted by Gasteiger charge is 2.13. The number of carbonyl (C=O) groups excluding carboxylic acids is 1. The number of rotatable bonds is 7. The van der Waals surface area contributed by atoms with Gasteiger partial charge in [-0.15, -0.1) is 11.3 Å². The van der Waals surface area contributed by atoms with Gasteiger partial charge in [0.1, 0.15) is 10.8 Å². The Hall–Kier alpha value is -2.12. The summed E-state index contributed by atoms with van der Waals surface area (Å²) >= 11 is 7.26. The highest BCUT2D eigenvalue weighted by atomic mass is 35.5. The summed E-state index contributed by atoms with van der Waals surface area (Å²) in [6, 6.07) is 5.24. The maximum Gasteiger partial charge on any atom is 0.355 e. The highest BCUT2D eigenvalue weighted by molar-refractivity contribution is 7.09. The molecule has 1 amide bonds. The van der Waals surface area contributed by atoms with Gasteiger partial charge in [0, 0.05) is 10.9 Å². The molecule has 1 heterocycles. The molecule has 0 atom stereocenters. The maximum atomic E-state index is 12.0. The number of carbonyl (C=O) groups is 2. The van der Waals surface area contributed by atoms with Crippen LogP contribution in [-0.2, 0) is 17.8 Å². The fraction of sp³-hybridized carbons (Fsp3) is 0.267. The Morgan fingerprint density at radius 3 is 2.87 bits per heavy atom. The third kappa shape index (κ3) is 4.67. The second-order valence-electron chi connectivity index (χ2n) is 4.55. The molecule has 8 heteroatoms. The summed E-state index contributed by atoms with van der Waals surface area (Å²) in [6.07, 6.45) is 0.118. The molecule has 2 aromatic rings. The zero-order valence-corrected chi connectivity index (χ0v) is 13.9. The second-order valence-corrected chi connectivity index (χ2v) is 5.90. The number of aromatic carboxylic acids is 1. The molecular formula is C15H15ClN2O4S. The van der Waals surface area contributed by atoms with Crippen molar-refractivity contribution in [3.8, 4) is 5.75 Å². The first-order valence-corrected chi connectivity index (χ1v) is 8.11. The molecule has 0 aliphatic heterocycles. The van der Waals surface area contributed by atoms with Gasteiger partial charge in [-0.05, 0) is 13.0 Å². The van der Waals surface area contributed by atoms with E-state index in [1.807, 2.05) is 6.92 Å². The number of halogens is 1. The minimum atomic E-state index is -1.08. The summed E-state index contributed by atoms with van der Waals surface area (Å²) in [5.74, 6) is -0.798. The number of nitrogens with one attached hydrogen (secondary N) is 1. The van der Waals surface area contributed by atoms with Crippen molar-refractivity contribution in [3.05, 3.63) is 44.9 Å². The number of aromatic nitrogens is 1. The van der Waals surface area contributed by atoms with Crippen LogP contribution in [0.3, 0.4) is 0 Å². The summed E-state index contributed by atoms with van der Waals surface area (Å²) in [4.78, 5) is 26.7. The van der Waals surface area contributed by atoms with E-state index in [1.165, 1.54) is 16.7 Å². The zero-order chi connectivity index (χ0) is 16.8. The van der Waals surface area contributed by atoms with Gasteiger partial charge in [0.15, 0.2) is 5.69 Å². The lowest BCUT2D eigenvalue weighted by molar-refractivity contribution is -0.120. The summed E-state index contributed by atoms with van der Waals surface area (Å²) < 4.78 is 5.47. The molecule has 0 radical (unpaired) electrons. The van der Waals surface area contributed by atoms with Crippen LogP contribution in [-0.4, -0.2) is 28.6 Å². The summed E-state index contributed by atoms with van der Waals surface area (Å²) in [6.45, 7) is 2.48. The minimum Gasteiger partial charge on any atom is -0.492 e. The standard InChI is InChI=1S/C15H15ClN2O4S/c1-2-22-14-9(4-3-5-10(14)16)6-12(19)17-7-13-18-11(8-23-13)15(20)21/h3-5,8H,2,6-7H2,1H3,(H,17,19)(H,20,21). The van der Waals surface area contributed by atoms with E-state index in [1.54, 1.807) is 18.2 Å². The van der Waals surface area contributed by atoms with E-state index in [0.29, 0.717) is 28.0 Å². The number of carboxylic acid groups (broad SMARTS) is 1. The average Bonchev–Trinajstić information content (AvgIpc) is 2.98. The van der Waals surface area contributed by atoms with E-state index in [-0.39, 0.29) is 24.6 Å². The van der Waals surface area contributed by atoms with E-state index in [2.05, 4.69) is 10.3 Å². The van der Waals surface area contributed by atoms with Gasteiger partial charge in [0.05, 0.1) is 24.6 Å². The number of nitrogens with zero attached hydrogens (tertiary/aromatic N) is 1. The zero-order valence-electron chi connectivity index (χ0n) is 12.3. The van der Waals surface area contributed by atoms with Gasteiger partial charge in [-0.3, -0.25) is 4.79 Å². The van der Waals surface area contributed by atoms with E-state index in [4.69, 9.17) is 21.4 Å². The molecule has 0 saturated carbocycles. The molecule has 0 aliphatic carbocycles. The molecule has 0 aliphatic rings. The molecule has 23 heavy (non-hydrogen) atoms. The Morgan fingerprint density at radius 1 is 1.43 bits per heavy atom. The summed E-state index contributed by atoms with van der Waals surface area (Å²) in [5.41, 5.74) is 0.676. The van der Waals surface area contributed by atoms with Crippen molar-refractivity contribution in [3.63, 3.8) is 0 Å². The van der Waals surface area contributed by atoms with Crippen LogP contribution in [0.1, 0.15) is 28.0 Å². The molecule has 2 N–H and O–H groups in total. The van der Waals surface area contributed by atoms with Crippen molar-refractivity contribution in [2.75, 3.05) is 6.61 Å². The van der Waals surface area contributed by atoms with E-state index in [0.717, 1.165) is 0 Å². The van der Waals surface area contributed by atoms with Gasteiger partial charge >= 0.3 is 5.97 Å². The Morgan fingerprint density at radius 2 is 2.22 bits per heavy atom. The first-order chi connectivity index (χ1) is 11.0. The number of para-hydroxylation sites is 1. The third-order valence-electron chi connectivity index (χ3n) is 2.90. The van der Waals surface area contributed by atoms with Gasteiger partial charge in [-0.1, -0.05) is 23.7 Å². The lowest BCUT2D eigenvalue weighted by Crippen LogP contribution is -2.24. The number of carboxylic acids is 1. The lowest BCUT2D eigenvalue weighted by Gasteiger charge is -2.11. The van der Waals surface area contributed by atoms with Crippen molar-refractivity contribution >= 4 is 34.8 Å². The van der Waals surface area contributed by atoms with Crippen LogP contribution in [0, 0.1) is 0 Å². The van der Waals surface area contributed by atoms with Gasteiger partial charge in [0.2, 0.25) is 5.91 Å². The summed E-state index contributed by atoms with van der Waals surface area (Å²) in [7, 11) is 0. The second kappa shape index (κ2) is 7.94. The van der Waals surface area contributed by atoms with Gasteiger partial charge in [-0.25, -0.2) is 9.78 Å². The quantitative estimate of drug-likeness (QED) is 0.798. The summed E-state index contributed by atoms with van der Waals surface area (Å²) in [5, 5.41) is 13.9. The van der Waals surface area contributed by atoms with Crippen LogP contribution in [0.15, 0.2) is 23.6 Å². The van der Waals surface area contributed by atoms with E-state index < -0.39 is 5.97 Å². The average molecular weight is 355 g/mol. The number of ether oxygens (including phenoxy) is 1. The third-order valence-corrected chi connectivity index (χ3v) is 4.04. The first-order valence-electron chi connectivity index (χ1n) is 6.85. The van der Waals surface area contributed by atoms with Crippen LogP contribution in [0.5, 0.6) is 5.75 Å². The molecule has 1 aromatic heterocycles. The Bertz CT molecular complexity index is 717. The molecule has 0 fully saturated rings. The highest BCUT2D eigenvalue weighted by Crippen LogP contribution is 2.29. The van der Waals surface area contributed by atoms with Crippen molar-refractivity contribution in [2.45, 2.75) is 19.9 Å². The monoisotopic (exact) mass is 354 g/mol. The van der Waals surface area contributed by atoms with Gasteiger partial charge in [-0.2, -0.15) is 0 Å². The SMILES string of the molecule is CCOc1c(Cl)cccc1CC(=O)NCc1nc(C(=O)O)cs1. The predicted molar refractivity (Wildman–Crippen MR) is 87.2 cm³/mol. The Kier molecular flexibility index (Phi) is 5.95. The van der Waals surface area contributed by atoms with Crippen LogP contribution < -0.4 is 10.1 Å². The van der Waals surface area contributed by atoms with E-state index >= 15 is 0 Å². The number of thiazole rings is 1. The lowest BCUT2D eigenvalue weighted by atomic mass is 10.1. The molecule has 0 bridgehead atoms. The van der Waals surface area contributed by atoms with Crippen LogP contribution in [0.2, 0.25) is 5.02 Å². The van der Waals surface area contributed by atoms with Gasteiger partial charge in [0.25, 0.3) is 0 Å². The first kappa shape index (κ1) is 17.2. The fourth-order valence-corrected chi connectivity index (χ4v) is 2.86. The fourth-order valence-electron chi connectivity index (χ4n) is 1.90. The molecule has 0 saturated heterocycles. The van der Waals surface area contributed by atoms with Crippen molar-refractivity contribution < 1.29 is 19.4 Å². The normalized spacial score (nSPS) is 10.3. The number of hydrogen-bond acceptors (Lipinski definition) is 5. The predicted octanol–water partition coefficient (Wildman–Crippen LogP) is 2.75. The van der Waals surface area contributed by atoms with Crippen molar-refractivity contribution in [2.24, 2.45) is 0 Å². The molecule has 0 spiro atoms. The molecule has 0 unspecified atom stereocenters.